The zero-order chi connectivity index (χ0) is 25.4. The summed E-state index contributed by atoms with van der Waals surface area (Å²) in [4.78, 5) is 20.6. The number of carbonyl (C=O) groups excluding carboxylic acids is 1. The van der Waals surface area contributed by atoms with Crippen molar-refractivity contribution in [3.63, 3.8) is 0 Å². The lowest BCUT2D eigenvalue weighted by molar-refractivity contribution is 0.0541. The molecule has 1 saturated heterocycles. The van der Waals surface area contributed by atoms with Crippen molar-refractivity contribution in [2.24, 2.45) is 0 Å². The molecule has 3 aromatic rings. The molecule has 4 heterocycles. The van der Waals surface area contributed by atoms with Crippen molar-refractivity contribution in [2.45, 2.75) is 12.5 Å². The van der Waals surface area contributed by atoms with E-state index >= 15 is 0 Å². The van der Waals surface area contributed by atoms with Crippen LogP contribution in [0, 0.1) is 0 Å². The normalized spacial score (nSPS) is 18.6. The lowest BCUT2D eigenvalue weighted by Crippen LogP contribution is -2.58. The molecule has 8 nitrogen and oxygen atoms in total. The Morgan fingerprint density at radius 1 is 1.03 bits per heavy atom. The van der Waals surface area contributed by atoms with E-state index in [1.54, 1.807) is 18.5 Å². The monoisotopic (exact) mass is 537 g/mol. The lowest BCUT2D eigenvalue weighted by atomic mass is 10.0. The summed E-state index contributed by atoms with van der Waals surface area (Å²) in [5.74, 6) is 1.46. The number of para-hydroxylation sites is 1. The minimum absolute atomic E-state index is 0.170. The van der Waals surface area contributed by atoms with Gasteiger partial charge in [0.1, 0.15) is 11.1 Å². The Bertz CT molecular complexity index is 1480. The molecule has 0 spiro atoms. The predicted molar refractivity (Wildman–Crippen MR) is 142 cm³/mol. The van der Waals surface area contributed by atoms with Gasteiger partial charge in [0.15, 0.2) is 5.82 Å². The van der Waals surface area contributed by atoms with Gasteiger partial charge in [-0.3, -0.25) is 10.4 Å². The topological polar surface area (TPSA) is 79.0 Å². The number of morpholine rings is 1. The zero-order valence-electron chi connectivity index (χ0n) is 19.9. The SMILES string of the molecule is O=C(N[C@H]1CCOc2ccccc21)N1NC=c2c(-c3cccc(Cl)c3Cl)ccnc2=C1N1CCOCC1. The average Bonchev–Trinajstić information content (AvgIpc) is 2.94. The number of nitrogens with one attached hydrogen (secondary N) is 2. The van der Waals surface area contributed by atoms with Gasteiger partial charge in [0.2, 0.25) is 0 Å². The number of amides is 2. The Kier molecular flexibility index (Phi) is 6.54. The first-order chi connectivity index (χ1) is 18.1. The van der Waals surface area contributed by atoms with E-state index in [-0.39, 0.29) is 12.1 Å². The van der Waals surface area contributed by atoms with Gasteiger partial charge >= 0.3 is 6.03 Å². The lowest BCUT2D eigenvalue weighted by Gasteiger charge is -2.38. The molecule has 190 valence electrons. The zero-order valence-corrected chi connectivity index (χ0v) is 21.4. The van der Waals surface area contributed by atoms with E-state index < -0.39 is 0 Å². The number of nitrogens with zero attached hydrogens (tertiary/aromatic N) is 3. The largest absolute Gasteiger partial charge is 0.493 e. The van der Waals surface area contributed by atoms with Crippen LogP contribution in [0.2, 0.25) is 10.0 Å². The molecule has 1 fully saturated rings. The van der Waals surface area contributed by atoms with E-state index in [1.807, 2.05) is 42.5 Å². The molecule has 1 atom stereocenters. The maximum atomic E-state index is 13.7. The van der Waals surface area contributed by atoms with Crippen molar-refractivity contribution >= 4 is 41.3 Å². The molecular formula is C27H25Cl2N5O3. The van der Waals surface area contributed by atoms with Crippen LogP contribution in [0.15, 0.2) is 54.7 Å². The third-order valence-electron chi connectivity index (χ3n) is 6.76. The molecule has 6 rings (SSSR count). The predicted octanol–water partition coefficient (Wildman–Crippen LogP) is 3.24. The highest BCUT2D eigenvalue weighted by atomic mass is 35.5. The molecule has 2 amide bonds. The van der Waals surface area contributed by atoms with Gasteiger partial charge < -0.3 is 19.7 Å². The maximum Gasteiger partial charge on any atom is 0.342 e. The van der Waals surface area contributed by atoms with Gasteiger partial charge in [-0.05, 0) is 23.8 Å². The number of pyridine rings is 1. The van der Waals surface area contributed by atoms with Crippen molar-refractivity contribution in [1.29, 1.82) is 0 Å². The molecule has 1 aromatic heterocycles. The minimum atomic E-state index is -0.280. The number of halogens is 2. The van der Waals surface area contributed by atoms with Crippen LogP contribution in [0.3, 0.4) is 0 Å². The molecule has 0 aliphatic carbocycles. The molecule has 0 bridgehead atoms. The number of ether oxygens (including phenoxy) is 2. The molecule has 3 aliphatic heterocycles. The fourth-order valence-corrected chi connectivity index (χ4v) is 5.37. The van der Waals surface area contributed by atoms with Crippen LogP contribution in [0.5, 0.6) is 5.75 Å². The molecule has 0 radical (unpaired) electrons. The molecule has 0 saturated carbocycles. The van der Waals surface area contributed by atoms with Gasteiger partial charge in [-0.25, -0.2) is 4.79 Å². The quantitative estimate of drug-likeness (QED) is 0.534. The van der Waals surface area contributed by atoms with Crippen molar-refractivity contribution in [3.8, 4) is 16.9 Å². The Morgan fingerprint density at radius 3 is 2.73 bits per heavy atom. The second-order valence-corrected chi connectivity index (χ2v) is 9.72. The molecule has 3 aliphatic rings. The second-order valence-electron chi connectivity index (χ2n) is 8.93. The summed E-state index contributed by atoms with van der Waals surface area (Å²) >= 11 is 12.9. The Balaban J connectivity index is 1.43. The number of carbonyl (C=O) groups is 1. The van der Waals surface area contributed by atoms with Crippen LogP contribution in [0.1, 0.15) is 18.0 Å². The van der Waals surface area contributed by atoms with E-state index in [9.17, 15) is 4.79 Å². The molecule has 0 unspecified atom stereocenters. The highest BCUT2D eigenvalue weighted by Gasteiger charge is 2.31. The first kappa shape index (κ1) is 23.9. The summed E-state index contributed by atoms with van der Waals surface area (Å²) in [6.45, 7) is 2.92. The summed E-state index contributed by atoms with van der Waals surface area (Å²) in [6.07, 6.45) is 4.20. The molecular weight excluding hydrogens is 513 g/mol. The van der Waals surface area contributed by atoms with Gasteiger partial charge in [-0.15, -0.1) is 0 Å². The Hall–Kier alpha value is -3.46. The van der Waals surface area contributed by atoms with E-state index in [0.29, 0.717) is 60.5 Å². The van der Waals surface area contributed by atoms with Gasteiger partial charge in [0.05, 0.1) is 35.9 Å². The number of benzene rings is 2. The number of hydrogen-bond donors (Lipinski definition) is 2. The number of hydrazine groups is 1. The van der Waals surface area contributed by atoms with Gasteiger partial charge in [0, 0.05) is 48.3 Å². The van der Waals surface area contributed by atoms with Crippen molar-refractivity contribution in [2.75, 3.05) is 32.9 Å². The summed E-state index contributed by atoms with van der Waals surface area (Å²) in [7, 11) is 0. The van der Waals surface area contributed by atoms with Crippen molar-refractivity contribution < 1.29 is 14.3 Å². The number of fused-ring (bicyclic) bond motifs is 2. The molecule has 37 heavy (non-hydrogen) atoms. The van der Waals surface area contributed by atoms with Crippen LogP contribution >= 0.6 is 23.2 Å². The van der Waals surface area contributed by atoms with E-state index in [2.05, 4.69) is 15.6 Å². The van der Waals surface area contributed by atoms with Crippen molar-refractivity contribution in [3.05, 3.63) is 80.9 Å². The van der Waals surface area contributed by atoms with Crippen LogP contribution < -0.4 is 26.0 Å². The van der Waals surface area contributed by atoms with Gasteiger partial charge in [-0.1, -0.05) is 53.5 Å². The van der Waals surface area contributed by atoms with Crippen molar-refractivity contribution in [1.82, 2.24) is 25.6 Å². The Morgan fingerprint density at radius 2 is 1.86 bits per heavy atom. The highest BCUT2D eigenvalue weighted by molar-refractivity contribution is 6.43. The van der Waals surface area contributed by atoms with Crippen LogP contribution in [0.4, 0.5) is 4.79 Å². The highest BCUT2D eigenvalue weighted by Crippen LogP contribution is 2.33. The minimum Gasteiger partial charge on any atom is -0.493 e. The van der Waals surface area contributed by atoms with Crippen LogP contribution in [0.25, 0.3) is 23.1 Å². The number of rotatable bonds is 3. The Labute approximate surface area is 224 Å². The summed E-state index contributed by atoms with van der Waals surface area (Å²) in [5.41, 5.74) is 5.84. The number of urea groups is 1. The van der Waals surface area contributed by atoms with Gasteiger partial charge in [0.25, 0.3) is 0 Å². The average molecular weight is 538 g/mol. The molecule has 2 N–H and O–H groups in total. The van der Waals surface area contributed by atoms with E-state index in [0.717, 1.165) is 27.7 Å². The standard InChI is InChI=1S/C27H25Cl2N5O3/c28-21-6-3-5-18(24(21)29)17-8-10-30-25-20(17)16-31-34(26(25)33-11-14-36-15-12-33)27(35)32-22-9-13-37-23-7-2-1-4-19(22)23/h1-8,10,16,22,31H,9,11-15H2,(H,32,35)/t22-/m0/s1. The molecule has 2 aromatic carbocycles. The fourth-order valence-electron chi connectivity index (χ4n) is 4.97. The number of aromatic nitrogens is 1. The third-order valence-corrected chi connectivity index (χ3v) is 7.58. The first-order valence-corrected chi connectivity index (χ1v) is 12.9. The maximum absolute atomic E-state index is 13.7. The van der Waals surface area contributed by atoms with E-state index in [4.69, 9.17) is 37.7 Å². The van der Waals surface area contributed by atoms with Gasteiger partial charge in [-0.2, -0.15) is 5.01 Å². The smallest absolute Gasteiger partial charge is 0.342 e. The molecule has 10 heteroatoms. The van der Waals surface area contributed by atoms with Crippen LogP contribution in [-0.4, -0.2) is 53.8 Å². The summed E-state index contributed by atoms with van der Waals surface area (Å²) in [5, 5.41) is 7.17. The third kappa shape index (κ3) is 4.45. The fraction of sp³-hybridized carbons (Fsp3) is 0.259. The summed E-state index contributed by atoms with van der Waals surface area (Å²) < 4.78 is 11.4. The second kappa shape index (κ2) is 10.1. The first-order valence-electron chi connectivity index (χ1n) is 12.2. The number of hydrogen-bond acceptors (Lipinski definition) is 6. The van der Waals surface area contributed by atoms with E-state index in [1.165, 1.54) is 5.01 Å². The van der Waals surface area contributed by atoms with Crippen LogP contribution in [-0.2, 0) is 4.74 Å². The summed E-state index contributed by atoms with van der Waals surface area (Å²) in [6, 6.07) is 14.8.